The van der Waals surface area contributed by atoms with Crippen LogP contribution in [0.15, 0.2) is 40.9 Å². The number of benzene rings is 2. The largest absolute Gasteiger partial charge is 0.497 e. The van der Waals surface area contributed by atoms with Gasteiger partial charge in [0.05, 0.1) is 18.7 Å². The van der Waals surface area contributed by atoms with E-state index in [1.54, 1.807) is 13.2 Å². The average Bonchev–Trinajstić information content (AvgIpc) is 2.40. The van der Waals surface area contributed by atoms with Crippen LogP contribution in [0.5, 0.6) is 5.75 Å². The molecule has 0 heterocycles. The lowest BCUT2D eigenvalue weighted by molar-refractivity contribution is 0.414. The van der Waals surface area contributed by atoms with E-state index in [-0.39, 0.29) is 0 Å². The van der Waals surface area contributed by atoms with E-state index in [0.29, 0.717) is 5.56 Å². The maximum Gasteiger partial charge on any atom is 0.119 e. The second-order valence-electron chi connectivity index (χ2n) is 4.15. The van der Waals surface area contributed by atoms with Crippen LogP contribution in [0.3, 0.4) is 0 Å². The number of rotatable bonds is 3. The van der Waals surface area contributed by atoms with Crippen molar-refractivity contribution in [2.24, 2.45) is 0 Å². The van der Waals surface area contributed by atoms with Crippen molar-refractivity contribution < 1.29 is 4.74 Å². The van der Waals surface area contributed by atoms with E-state index in [1.807, 2.05) is 37.3 Å². The monoisotopic (exact) mass is 316 g/mol. The molecule has 2 rings (SSSR count). The summed E-state index contributed by atoms with van der Waals surface area (Å²) in [5.74, 6) is 0.829. The number of methoxy groups -OCH3 is 1. The highest BCUT2D eigenvalue weighted by Crippen LogP contribution is 2.27. The van der Waals surface area contributed by atoms with Crippen LogP contribution < -0.4 is 10.1 Å². The minimum Gasteiger partial charge on any atom is -0.497 e. The third kappa shape index (κ3) is 3.27. The van der Waals surface area contributed by atoms with Gasteiger partial charge in [-0.15, -0.1) is 0 Å². The first-order chi connectivity index (χ1) is 9.12. The van der Waals surface area contributed by atoms with Gasteiger partial charge in [0.25, 0.3) is 0 Å². The van der Waals surface area contributed by atoms with Gasteiger partial charge in [0.2, 0.25) is 0 Å². The Bertz CT molecular complexity index is 647. The Balaban J connectivity index is 2.31. The lowest BCUT2D eigenvalue weighted by atomic mass is 10.1. The van der Waals surface area contributed by atoms with Crippen LogP contribution >= 0.6 is 15.9 Å². The molecule has 0 amide bonds. The number of hydrogen-bond acceptors (Lipinski definition) is 3. The van der Waals surface area contributed by atoms with Crippen molar-refractivity contribution in [3.05, 3.63) is 52.0 Å². The fourth-order valence-corrected chi connectivity index (χ4v) is 2.28. The van der Waals surface area contributed by atoms with Crippen molar-refractivity contribution >= 4 is 27.3 Å². The zero-order chi connectivity index (χ0) is 13.8. The summed E-state index contributed by atoms with van der Waals surface area (Å²) in [6, 6.07) is 13.5. The van der Waals surface area contributed by atoms with Gasteiger partial charge >= 0.3 is 0 Å². The topological polar surface area (TPSA) is 45.0 Å². The highest BCUT2D eigenvalue weighted by molar-refractivity contribution is 9.10. The van der Waals surface area contributed by atoms with Gasteiger partial charge in [-0.3, -0.25) is 0 Å². The van der Waals surface area contributed by atoms with E-state index in [2.05, 4.69) is 27.3 Å². The number of nitrogens with zero attached hydrogens (tertiary/aromatic N) is 1. The molecule has 19 heavy (non-hydrogen) atoms. The summed E-state index contributed by atoms with van der Waals surface area (Å²) in [5, 5.41) is 12.3. The molecule has 2 aromatic carbocycles. The highest BCUT2D eigenvalue weighted by atomic mass is 79.9. The van der Waals surface area contributed by atoms with Crippen molar-refractivity contribution in [3.63, 3.8) is 0 Å². The van der Waals surface area contributed by atoms with Gasteiger partial charge in [0.1, 0.15) is 5.75 Å². The van der Waals surface area contributed by atoms with Crippen molar-refractivity contribution in [3.8, 4) is 11.8 Å². The van der Waals surface area contributed by atoms with Crippen molar-refractivity contribution in [1.29, 1.82) is 5.26 Å². The Morgan fingerprint density at radius 2 is 2.00 bits per heavy atom. The molecule has 0 atom stereocenters. The molecule has 0 saturated carbocycles. The summed E-state index contributed by atoms with van der Waals surface area (Å²) in [5.41, 5.74) is 3.56. The van der Waals surface area contributed by atoms with Gasteiger partial charge in [0, 0.05) is 15.8 Å². The zero-order valence-electron chi connectivity index (χ0n) is 10.7. The minimum atomic E-state index is 0.614. The summed E-state index contributed by atoms with van der Waals surface area (Å²) in [4.78, 5) is 0. The van der Waals surface area contributed by atoms with E-state index in [9.17, 15) is 0 Å². The molecule has 0 radical (unpaired) electrons. The number of nitrogens with one attached hydrogen (secondary N) is 1. The van der Waals surface area contributed by atoms with Crippen molar-refractivity contribution in [2.75, 3.05) is 12.4 Å². The number of halogens is 1. The summed E-state index contributed by atoms with van der Waals surface area (Å²) in [6.45, 7) is 2.01. The summed E-state index contributed by atoms with van der Waals surface area (Å²) < 4.78 is 6.05. The Labute approximate surface area is 121 Å². The molecule has 0 saturated heterocycles. The maximum atomic E-state index is 8.96. The molecule has 1 N–H and O–H groups in total. The van der Waals surface area contributed by atoms with Crippen LogP contribution in [-0.2, 0) is 0 Å². The first-order valence-electron chi connectivity index (χ1n) is 5.75. The van der Waals surface area contributed by atoms with Gasteiger partial charge in [-0.1, -0.05) is 15.9 Å². The van der Waals surface area contributed by atoms with Crippen molar-refractivity contribution in [1.82, 2.24) is 0 Å². The third-order valence-electron chi connectivity index (χ3n) is 2.74. The molecular weight excluding hydrogens is 304 g/mol. The van der Waals surface area contributed by atoms with Gasteiger partial charge in [0.15, 0.2) is 0 Å². The summed E-state index contributed by atoms with van der Waals surface area (Å²) >= 11 is 3.40. The van der Waals surface area contributed by atoms with Gasteiger partial charge in [-0.05, 0) is 48.9 Å². The summed E-state index contributed by atoms with van der Waals surface area (Å²) in [7, 11) is 1.65. The SMILES string of the molecule is COc1ccc(Nc2cc(Br)cc(C#N)c2)c(C)c1. The lowest BCUT2D eigenvalue weighted by Crippen LogP contribution is -1.94. The predicted octanol–water partition coefficient (Wildman–Crippen LogP) is 4.38. The molecule has 0 aliphatic heterocycles. The van der Waals surface area contributed by atoms with E-state index < -0.39 is 0 Å². The van der Waals surface area contributed by atoms with E-state index in [1.165, 1.54) is 0 Å². The molecule has 0 unspecified atom stereocenters. The molecule has 96 valence electrons. The van der Waals surface area contributed by atoms with Crippen LogP contribution in [-0.4, -0.2) is 7.11 Å². The molecule has 0 spiro atoms. The van der Waals surface area contributed by atoms with Crippen LogP contribution in [0.4, 0.5) is 11.4 Å². The molecule has 0 aliphatic rings. The highest BCUT2D eigenvalue weighted by Gasteiger charge is 2.03. The third-order valence-corrected chi connectivity index (χ3v) is 3.20. The Morgan fingerprint density at radius 3 is 2.63 bits per heavy atom. The molecule has 0 fully saturated rings. The first kappa shape index (κ1) is 13.4. The number of nitriles is 1. The van der Waals surface area contributed by atoms with Gasteiger partial charge < -0.3 is 10.1 Å². The Hall–Kier alpha value is -1.99. The van der Waals surface area contributed by atoms with E-state index >= 15 is 0 Å². The second-order valence-corrected chi connectivity index (χ2v) is 5.06. The molecule has 3 nitrogen and oxygen atoms in total. The van der Waals surface area contributed by atoms with Crippen LogP contribution in [0.2, 0.25) is 0 Å². The number of anilines is 2. The lowest BCUT2D eigenvalue weighted by Gasteiger charge is -2.11. The smallest absolute Gasteiger partial charge is 0.119 e. The number of ether oxygens (including phenoxy) is 1. The fourth-order valence-electron chi connectivity index (χ4n) is 1.79. The van der Waals surface area contributed by atoms with Crippen LogP contribution in [0, 0.1) is 18.3 Å². The number of aryl methyl sites for hydroxylation is 1. The van der Waals surface area contributed by atoms with Crippen LogP contribution in [0.25, 0.3) is 0 Å². The molecule has 0 aliphatic carbocycles. The number of hydrogen-bond donors (Lipinski definition) is 1. The standard InChI is InChI=1S/C15H13BrN2O/c1-10-5-14(19-2)3-4-15(10)18-13-7-11(9-17)6-12(16)8-13/h3-8,18H,1-2H3. The molecule has 0 bridgehead atoms. The van der Waals surface area contributed by atoms with Gasteiger partial charge in [-0.25, -0.2) is 0 Å². The average molecular weight is 317 g/mol. The second kappa shape index (κ2) is 5.77. The maximum absolute atomic E-state index is 8.96. The summed E-state index contributed by atoms with van der Waals surface area (Å²) in [6.07, 6.45) is 0. The fraction of sp³-hybridized carbons (Fsp3) is 0.133. The molecule has 2 aromatic rings. The Morgan fingerprint density at radius 1 is 1.21 bits per heavy atom. The van der Waals surface area contributed by atoms with E-state index in [4.69, 9.17) is 10.00 Å². The van der Waals surface area contributed by atoms with Crippen LogP contribution in [0.1, 0.15) is 11.1 Å². The minimum absolute atomic E-state index is 0.614. The molecular formula is C15H13BrN2O. The Kier molecular flexibility index (Phi) is 4.08. The predicted molar refractivity (Wildman–Crippen MR) is 79.9 cm³/mol. The van der Waals surface area contributed by atoms with Gasteiger partial charge in [-0.2, -0.15) is 5.26 Å². The normalized spacial score (nSPS) is 9.79. The molecule has 0 aromatic heterocycles. The quantitative estimate of drug-likeness (QED) is 0.913. The first-order valence-corrected chi connectivity index (χ1v) is 6.54. The zero-order valence-corrected chi connectivity index (χ0v) is 12.3. The molecule has 4 heteroatoms. The van der Waals surface area contributed by atoms with E-state index in [0.717, 1.165) is 27.2 Å². The van der Waals surface area contributed by atoms with Crippen molar-refractivity contribution in [2.45, 2.75) is 6.92 Å².